The maximum atomic E-state index is 13.3. The predicted octanol–water partition coefficient (Wildman–Crippen LogP) is 4.73. The Labute approximate surface area is 170 Å². The van der Waals surface area contributed by atoms with Crippen LogP contribution in [0.25, 0.3) is 11.6 Å². The molecule has 3 aromatic rings. The number of fused-ring (bicyclic) bond motifs is 1. The van der Waals surface area contributed by atoms with Crippen LogP contribution in [0.5, 0.6) is 5.75 Å². The molecule has 0 N–H and O–H groups in total. The fraction of sp³-hybridized carbons (Fsp3) is 0.120. The average Bonchev–Trinajstić information content (AvgIpc) is 2.76. The van der Waals surface area contributed by atoms with E-state index in [1.54, 1.807) is 13.2 Å². The highest BCUT2D eigenvalue weighted by atomic mass is 16.5. The van der Waals surface area contributed by atoms with Gasteiger partial charge in [0.1, 0.15) is 5.75 Å². The van der Waals surface area contributed by atoms with Gasteiger partial charge in [-0.05, 0) is 47.9 Å². The molecule has 0 radical (unpaired) electrons. The zero-order valence-electron chi connectivity index (χ0n) is 16.4. The number of rotatable bonds is 4. The van der Waals surface area contributed by atoms with Crippen molar-refractivity contribution in [3.63, 3.8) is 0 Å². The Morgan fingerprint density at radius 1 is 0.828 bits per heavy atom. The van der Waals surface area contributed by atoms with Gasteiger partial charge in [-0.15, -0.1) is 0 Å². The molecular formula is C25H21NO3. The molecule has 0 atom stereocenters. The average molecular weight is 383 g/mol. The number of amides is 2. The number of aryl methyl sites for hydroxylation is 1. The Balaban J connectivity index is 1.75. The molecule has 0 aromatic heterocycles. The van der Waals surface area contributed by atoms with Crippen LogP contribution in [0, 0.1) is 6.92 Å². The number of benzene rings is 3. The van der Waals surface area contributed by atoms with E-state index in [4.69, 9.17) is 4.74 Å². The first-order valence-corrected chi connectivity index (χ1v) is 9.44. The highest BCUT2D eigenvalue weighted by Crippen LogP contribution is 2.31. The molecule has 0 saturated carbocycles. The summed E-state index contributed by atoms with van der Waals surface area (Å²) in [4.78, 5) is 27.7. The number of hydrogen-bond donors (Lipinski definition) is 0. The van der Waals surface area contributed by atoms with Crippen LogP contribution in [0.2, 0.25) is 0 Å². The molecule has 1 heterocycles. The van der Waals surface area contributed by atoms with Gasteiger partial charge in [0, 0.05) is 11.1 Å². The SMILES string of the molecule is COc1ccc(CN2C(=O)C(=Cc3ccc(C)cc3)c3ccccc3C2=O)cc1. The Morgan fingerprint density at radius 2 is 1.48 bits per heavy atom. The zero-order chi connectivity index (χ0) is 20.4. The lowest BCUT2D eigenvalue weighted by Gasteiger charge is -2.28. The molecule has 144 valence electrons. The fourth-order valence-electron chi connectivity index (χ4n) is 3.43. The number of methoxy groups -OCH3 is 1. The molecule has 0 spiro atoms. The number of hydrogen-bond acceptors (Lipinski definition) is 3. The molecule has 1 aliphatic heterocycles. The van der Waals surface area contributed by atoms with Gasteiger partial charge < -0.3 is 4.74 Å². The molecule has 4 heteroatoms. The molecule has 3 aromatic carbocycles. The van der Waals surface area contributed by atoms with E-state index in [9.17, 15) is 9.59 Å². The summed E-state index contributed by atoms with van der Waals surface area (Å²) >= 11 is 0. The molecule has 29 heavy (non-hydrogen) atoms. The smallest absolute Gasteiger partial charge is 0.261 e. The second-order valence-corrected chi connectivity index (χ2v) is 7.06. The number of imide groups is 1. The molecule has 2 amide bonds. The predicted molar refractivity (Wildman–Crippen MR) is 113 cm³/mol. The van der Waals surface area contributed by atoms with Crippen molar-refractivity contribution in [1.29, 1.82) is 0 Å². The van der Waals surface area contributed by atoms with Gasteiger partial charge in [0.25, 0.3) is 11.8 Å². The molecule has 0 aliphatic carbocycles. The molecule has 0 unspecified atom stereocenters. The number of ether oxygens (including phenoxy) is 1. The molecule has 0 bridgehead atoms. The van der Waals surface area contributed by atoms with Gasteiger partial charge in [0.2, 0.25) is 0 Å². The highest BCUT2D eigenvalue weighted by Gasteiger charge is 2.34. The molecule has 0 fully saturated rings. The van der Waals surface area contributed by atoms with Crippen LogP contribution in [0.15, 0.2) is 72.8 Å². The molecule has 4 nitrogen and oxygen atoms in total. The van der Waals surface area contributed by atoms with Gasteiger partial charge in [-0.2, -0.15) is 0 Å². The minimum Gasteiger partial charge on any atom is -0.497 e. The zero-order valence-corrected chi connectivity index (χ0v) is 16.4. The summed E-state index contributed by atoms with van der Waals surface area (Å²) in [6.07, 6.45) is 1.86. The molecule has 1 aliphatic rings. The third-order valence-corrected chi connectivity index (χ3v) is 5.06. The summed E-state index contributed by atoms with van der Waals surface area (Å²) in [5, 5.41) is 0. The third-order valence-electron chi connectivity index (χ3n) is 5.06. The van der Waals surface area contributed by atoms with E-state index in [-0.39, 0.29) is 18.4 Å². The van der Waals surface area contributed by atoms with Crippen LogP contribution < -0.4 is 4.74 Å². The van der Waals surface area contributed by atoms with Crippen LogP contribution in [-0.2, 0) is 11.3 Å². The molecule has 0 saturated heterocycles. The topological polar surface area (TPSA) is 46.6 Å². The van der Waals surface area contributed by atoms with Gasteiger partial charge in [0.15, 0.2) is 0 Å². The van der Waals surface area contributed by atoms with E-state index < -0.39 is 0 Å². The summed E-state index contributed by atoms with van der Waals surface area (Å²) in [5.41, 5.74) is 4.68. The van der Waals surface area contributed by atoms with Crippen molar-refractivity contribution in [2.24, 2.45) is 0 Å². The summed E-state index contributed by atoms with van der Waals surface area (Å²) in [7, 11) is 1.60. The van der Waals surface area contributed by atoms with Gasteiger partial charge >= 0.3 is 0 Å². The van der Waals surface area contributed by atoms with Gasteiger partial charge in [-0.3, -0.25) is 14.5 Å². The first kappa shape index (κ1) is 18.7. The van der Waals surface area contributed by atoms with Crippen molar-refractivity contribution in [2.45, 2.75) is 13.5 Å². The normalized spacial score (nSPS) is 14.8. The van der Waals surface area contributed by atoms with Crippen molar-refractivity contribution in [2.75, 3.05) is 7.11 Å². The maximum Gasteiger partial charge on any atom is 0.261 e. The minimum atomic E-state index is -0.287. The van der Waals surface area contributed by atoms with Crippen molar-refractivity contribution in [1.82, 2.24) is 4.90 Å². The largest absolute Gasteiger partial charge is 0.497 e. The minimum absolute atomic E-state index is 0.210. The van der Waals surface area contributed by atoms with Gasteiger partial charge in [-0.1, -0.05) is 60.2 Å². The standard InChI is InChI=1S/C25H21NO3/c1-17-7-9-18(10-8-17)15-23-21-5-3-4-6-22(21)24(27)26(25(23)28)16-19-11-13-20(29-2)14-12-19/h3-15H,16H2,1-2H3. The second kappa shape index (κ2) is 7.76. The van der Waals surface area contributed by atoms with Crippen molar-refractivity contribution in [3.8, 4) is 5.75 Å². The van der Waals surface area contributed by atoms with Crippen molar-refractivity contribution < 1.29 is 14.3 Å². The van der Waals surface area contributed by atoms with E-state index in [1.807, 2.05) is 79.7 Å². The molecular weight excluding hydrogens is 362 g/mol. The Morgan fingerprint density at radius 3 is 2.14 bits per heavy atom. The lowest BCUT2D eigenvalue weighted by molar-refractivity contribution is -0.123. The van der Waals surface area contributed by atoms with Gasteiger partial charge in [0.05, 0.1) is 13.7 Å². The van der Waals surface area contributed by atoms with Gasteiger partial charge in [-0.25, -0.2) is 0 Å². The summed E-state index contributed by atoms with van der Waals surface area (Å²) in [6, 6.07) is 22.6. The van der Waals surface area contributed by atoms with Crippen LogP contribution in [0.4, 0.5) is 0 Å². The Kier molecular flexibility index (Phi) is 5.00. The van der Waals surface area contributed by atoms with E-state index in [1.165, 1.54) is 4.90 Å². The fourth-order valence-corrected chi connectivity index (χ4v) is 3.43. The Bertz CT molecular complexity index is 1100. The van der Waals surface area contributed by atoms with E-state index >= 15 is 0 Å². The highest BCUT2D eigenvalue weighted by molar-refractivity contribution is 6.33. The lowest BCUT2D eigenvalue weighted by atomic mass is 9.91. The number of carbonyl (C=O) groups is 2. The van der Waals surface area contributed by atoms with E-state index in [0.29, 0.717) is 16.7 Å². The number of carbonyl (C=O) groups excluding carboxylic acids is 2. The maximum absolute atomic E-state index is 13.3. The summed E-state index contributed by atoms with van der Waals surface area (Å²) < 4.78 is 5.18. The van der Waals surface area contributed by atoms with Crippen molar-refractivity contribution >= 4 is 23.5 Å². The first-order chi connectivity index (χ1) is 14.1. The van der Waals surface area contributed by atoms with Crippen LogP contribution in [0.3, 0.4) is 0 Å². The summed E-state index contributed by atoms with van der Waals surface area (Å²) in [5.74, 6) is 0.169. The van der Waals surface area contributed by atoms with E-state index in [0.717, 1.165) is 22.4 Å². The first-order valence-electron chi connectivity index (χ1n) is 9.44. The quantitative estimate of drug-likeness (QED) is 0.483. The Hall–Kier alpha value is -3.66. The second-order valence-electron chi connectivity index (χ2n) is 7.06. The van der Waals surface area contributed by atoms with Crippen LogP contribution in [-0.4, -0.2) is 23.8 Å². The summed E-state index contributed by atoms with van der Waals surface area (Å²) in [6.45, 7) is 2.23. The monoisotopic (exact) mass is 383 g/mol. The number of nitrogens with zero attached hydrogens (tertiary/aromatic N) is 1. The van der Waals surface area contributed by atoms with Crippen LogP contribution in [0.1, 0.15) is 32.6 Å². The van der Waals surface area contributed by atoms with Crippen LogP contribution >= 0.6 is 0 Å². The molecule has 4 rings (SSSR count). The van der Waals surface area contributed by atoms with E-state index in [2.05, 4.69) is 0 Å². The lowest BCUT2D eigenvalue weighted by Crippen LogP contribution is -2.41. The third kappa shape index (κ3) is 3.69. The van der Waals surface area contributed by atoms with Crippen molar-refractivity contribution in [3.05, 3.63) is 101 Å².